The zero-order valence-electron chi connectivity index (χ0n) is 13.7. The highest BCUT2D eigenvalue weighted by Gasteiger charge is 2.29. The van der Waals surface area contributed by atoms with Gasteiger partial charge in [0.15, 0.2) is 5.82 Å². The SMILES string of the molecule is c1cc2ccc(-c3ccc(N4CCN5CCC4CC5)nn3)cc2[nH]1. The molecule has 24 heavy (non-hydrogen) atoms. The average Bonchev–Trinajstić information content (AvgIpc) is 2.91. The highest BCUT2D eigenvalue weighted by atomic mass is 15.3. The van der Waals surface area contributed by atoms with Gasteiger partial charge in [-0.25, -0.2) is 0 Å². The highest BCUT2D eigenvalue weighted by molar-refractivity contribution is 5.84. The zero-order chi connectivity index (χ0) is 15.9. The van der Waals surface area contributed by atoms with Crippen molar-refractivity contribution in [2.45, 2.75) is 18.9 Å². The molecule has 0 atom stereocenters. The van der Waals surface area contributed by atoms with Crippen LogP contribution >= 0.6 is 0 Å². The van der Waals surface area contributed by atoms with Crippen molar-refractivity contribution in [3.05, 3.63) is 42.6 Å². The maximum Gasteiger partial charge on any atom is 0.151 e. The fraction of sp³-hybridized carbons (Fsp3) is 0.368. The van der Waals surface area contributed by atoms with Crippen LogP contribution in [0.2, 0.25) is 0 Å². The van der Waals surface area contributed by atoms with Crippen molar-refractivity contribution in [1.29, 1.82) is 0 Å². The lowest BCUT2D eigenvalue weighted by atomic mass is 10.1. The number of anilines is 1. The summed E-state index contributed by atoms with van der Waals surface area (Å²) in [6.07, 6.45) is 4.45. The molecule has 0 spiro atoms. The number of hydrogen-bond acceptors (Lipinski definition) is 4. The first kappa shape index (κ1) is 14.0. The number of benzene rings is 1. The molecule has 6 rings (SSSR count). The Bertz CT molecular complexity index is 846. The van der Waals surface area contributed by atoms with Gasteiger partial charge in [0, 0.05) is 49.5 Å². The fourth-order valence-electron chi connectivity index (χ4n) is 4.03. The van der Waals surface area contributed by atoms with E-state index >= 15 is 0 Å². The molecule has 0 unspecified atom stereocenters. The van der Waals surface area contributed by atoms with E-state index in [1.165, 1.54) is 31.3 Å². The van der Waals surface area contributed by atoms with Crippen molar-refractivity contribution in [2.24, 2.45) is 0 Å². The number of nitrogens with one attached hydrogen (secondary N) is 1. The van der Waals surface area contributed by atoms with Crippen molar-refractivity contribution in [2.75, 3.05) is 31.1 Å². The second-order valence-electron chi connectivity index (χ2n) is 6.82. The maximum atomic E-state index is 4.55. The molecule has 0 radical (unpaired) electrons. The summed E-state index contributed by atoms with van der Waals surface area (Å²) >= 11 is 0. The Labute approximate surface area is 141 Å². The van der Waals surface area contributed by atoms with Gasteiger partial charge in [-0.3, -0.25) is 0 Å². The number of fused-ring (bicyclic) bond motifs is 5. The Hall–Kier alpha value is -2.40. The molecule has 2 bridgehead atoms. The molecular weight excluding hydrogens is 298 g/mol. The number of piperidine rings is 1. The number of rotatable bonds is 2. The third-order valence-electron chi connectivity index (χ3n) is 5.45. The van der Waals surface area contributed by atoms with Gasteiger partial charge in [-0.2, -0.15) is 0 Å². The Kier molecular flexibility index (Phi) is 3.26. The minimum absolute atomic E-state index is 0.624. The Balaban J connectivity index is 1.44. The smallest absolute Gasteiger partial charge is 0.151 e. The van der Waals surface area contributed by atoms with Crippen LogP contribution in [0.3, 0.4) is 0 Å². The summed E-state index contributed by atoms with van der Waals surface area (Å²) in [5.74, 6) is 1.02. The number of H-pyrrole nitrogens is 1. The predicted octanol–water partition coefficient (Wildman–Crippen LogP) is 2.91. The van der Waals surface area contributed by atoms with Gasteiger partial charge in [0.25, 0.3) is 0 Å². The van der Waals surface area contributed by atoms with E-state index in [4.69, 9.17) is 0 Å². The fourth-order valence-corrected chi connectivity index (χ4v) is 4.03. The molecule has 1 N–H and O–H groups in total. The van der Waals surface area contributed by atoms with E-state index in [1.54, 1.807) is 0 Å². The number of hydrogen-bond donors (Lipinski definition) is 1. The van der Waals surface area contributed by atoms with Crippen LogP contribution in [-0.4, -0.2) is 52.3 Å². The molecule has 0 amide bonds. The van der Waals surface area contributed by atoms with Gasteiger partial charge in [-0.15, -0.1) is 10.2 Å². The summed E-state index contributed by atoms with van der Waals surface area (Å²) in [5, 5.41) is 10.3. The van der Waals surface area contributed by atoms with E-state index in [2.05, 4.69) is 61.4 Å². The molecule has 0 aliphatic carbocycles. The van der Waals surface area contributed by atoms with E-state index in [0.717, 1.165) is 35.7 Å². The topological polar surface area (TPSA) is 48.1 Å². The Morgan fingerprint density at radius 2 is 1.83 bits per heavy atom. The van der Waals surface area contributed by atoms with Crippen molar-refractivity contribution < 1.29 is 0 Å². The van der Waals surface area contributed by atoms with Crippen LogP contribution in [0.5, 0.6) is 0 Å². The molecule has 1 aromatic carbocycles. The molecule has 5 heteroatoms. The molecule has 0 saturated carbocycles. The van der Waals surface area contributed by atoms with Gasteiger partial charge >= 0.3 is 0 Å². The van der Waals surface area contributed by atoms with Gasteiger partial charge in [0.05, 0.1) is 5.69 Å². The highest BCUT2D eigenvalue weighted by Crippen LogP contribution is 2.27. The molecule has 2 aromatic heterocycles. The third kappa shape index (κ3) is 2.36. The maximum absolute atomic E-state index is 4.55. The summed E-state index contributed by atoms with van der Waals surface area (Å²) < 4.78 is 0. The van der Waals surface area contributed by atoms with Gasteiger partial charge in [-0.05, 0) is 42.5 Å². The Morgan fingerprint density at radius 3 is 2.67 bits per heavy atom. The monoisotopic (exact) mass is 319 g/mol. The van der Waals surface area contributed by atoms with E-state index in [-0.39, 0.29) is 0 Å². The molecule has 3 aromatic rings. The van der Waals surface area contributed by atoms with Gasteiger partial charge in [0.2, 0.25) is 0 Å². The van der Waals surface area contributed by atoms with Crippen LogP contribution in [0.1, 0.15) is 12.8 Å². The molecule has 5 heterocycles. The second-order valence-corrected chi connectivity index (χ2v) is 6.82. The molecule has 3 saturated heterocycles. The first-order valence-corrected chi connectivity index (χ1v) is 8.77. The van der Waals surface area contributed by atoms with Crippen LogP contribution in [0.15, 0.2) is 42.6 Å². The van der Waals surface area contributed by atoms with Crippen LogP contribution in [0.25, 0.3) is 22.2 Å². The quantitative estimate of drug-likeness (QED) is 0.789. The summed E-state index contributed by atoms with van der Waals surface area (Å²) in [6.45, 7) is 4.65. The van der Waals surface area contributed by atoms with Crippen LogP contribution < -0.4 is 4.90 Å². The molecule has 3 aliphatic heterocycles. The first-order chi connectivity index (χ1) is 11.9. The van der Waals surface area contributed by atoms with Crippen molar-refractivity contribution in [1.82, 2.24) is 20.1 Å². The third-order valence-corrected chi connectivity index (χ3v) is 5.45. The second kappa shape index (κ2) is 5.60. The van der Waals surface area contributed by atoms with Gasteiger partial charge in [-0.1, -0.05) is 12.1 Å². The van der Waals surface area contributed by atoms with Crippen LogP contribution in [0, 0.1) is 0 Å². The standard InChI is InChI=1S/C19H21N5/c1-2-15(13-18-14(1)5-8-20-18)17-3-4-19(22-21-17)24-12-11-23-9-6-16(24)7-10-23/h1-5,8,13,16,20H,6-7,9-12H2. The van der Waals surface area contributed by atoms with E-state index < -0.39 is 0 Å². The molecule has 3 fully saturated rings. The largest absolute Gasteiger partial charge is 0.361 e. The lowest BCUT2D eigenvalue weighted by Crippen LogP contribution is -2.38. The van der Waals surface area contributed by atoms with E-state index in [1.807, 2.05) is 6.20 Å². The van der Waals surface area contributed by atoms with Gasteiger partial charge in [0.1, 0.15) is 0 Å². The van der Waals surface area contributed by atoms with Gasteiger partial charge < -0.3 is 14.8 Å². The normalized spacial score (nSPS) is 23.6. The number of nitrogens with zero attached hydrogens (tertiary/aromatic N) is 4. The summed E-state index contributed by atoms with van der Waals surface area (Å²) in [4.78, 5) is 8.27. The predicted molar refractivity (Wildman–Crippen MR) is 96.1 cm³/mol. The van der Waals surface area contributed by atoms with Crippen LogP contribution in [0.4, 0.5) is 5.82 Å². The van der Waals surface area contributed by atoms with E-state index in [0.29, 0.717) is 6.04 Å². The number of aromatic amines is 1. The minimum Gasteiger partial charge on any atom is -0.361 e. The Morgan fingerprint density at radius 1 is 0.917 bits per heavy atom. The molecule has 3 aliphatic rings. The summed E-state index contributed by atoms with van der Waals surface area (Å²) in [6, 6.07) is 13.3. The molecular formula is C19H21N5. The first-order valence-electron chi connectivity index (χ1n) is 8.77. The van der Waals surface area contributed by atoms with Crippen molar-refractivity contribution in [3.63, 3.8) is 0 Å². The van der Waals surface area contributed by atoms with Crippen LogP contribution in [-0.2, 0) is 0 Å². The lowest BCUT2D eigenvalue weighted by molar-refractivity contribution is 0.250. The summed E-state index contributed by atoms with van der Waals surface area (Å²) in [7, 11) is 0. The average molecular weight is 319 g/mol. The zero-order valence-corrected chi connectivity index (χ0v) is 13.7. The molecule has 122 valence electrons. The van der Waals surface area contributed by atoms with E-state index in [9.17, 15) is 0 Å². The lowest BCUT2D eigenvalue weighted by Gasteiger charge is -2.31. The number of aromatic nitrogens is 3. The molecule has 5 nitrogen and oxygen atoms in total. The van der Waals surface area contributed by atoms with Crippen molar-refractivity contribution >= 4 is 16.7 Å². The van der Waals surface area contributed by atoms with Crippen molar-refractivity contribution in [3.8, 4) is 11.3 Å². The minimum atomic E-state index is 0.624. The summed E-state index contributed by atoms with van der Waals surface area (Å²) in [5.41, 5.74) is 3.17.